The molecule has 17 heavy (non-hydrogen) atoms. The number of nitrogens with zero attached hydrogens (tertiary/aromatic N) is 1. The summed E-state index contributed by atoms with van der Waals surface area (Å²) in [6.07, 6.45) is 16.2. The molecule has 0 aromatic heterocycles. The van der Waals surface area contributed by atoms with Gasteiger partial charge in [-0.05, 0) is 24.6 Å². The first-order valence-electron chi connectivity index (χ1n) is 5.36. The van der Waals surface area contributed by atoms with E-state index < -0.39 is 0 Å². The minimum atomic E-state index is -0.0550. The molecule has 0 spiro atoms. The van der Waals surface area contributed by atoms with Crippen LogP contribution in [-0.2, 0) is 9.57 Å². The quantitative estimate of drug-likeness (QED) is 0.230. The van der Waals surface area contributed by atoms with Crippen LogP contribution < -0.4 is 11.2 Å². The maximum atomic E-state index is 5.25. The molecule has 0 fully saturated rings. The van der Waals surface area contributed by atoms with Crippen LogP contribution >= 0.6 is 0 Å². The van der Waals surface area contributed by atoms with Crippen molar-refractivity contribution in [2.45, 2.75) is 12.5 Å². The lowest BCUT2D eigenvalue weighted by Crippen LogP contribution is -2.12. The standard InChI is InChI=1S/C12H17N3O2/c13-11-14-7-2-3-8-15-17-10-6-12-5-1-4-9-16-12/h1-2,4-7,9-12,15H,3,8H2,(H2,13,14)/b7-2-,10-6+. The summed E-state index contributed by atoms with van der Waals surface area (Å²) >= 11 is 0. The first kappa shape index (κ1) is 13.1. The third-order valence-corrected chi connectivity index (χ3v) is 1.84. The fourth-order valence-electron chi connectivity index (χ4n) is 1.06. The summed E-state index contributed by atoms with van der Waals surface area (Å²) in [6, 6.07) is 0. The van der Waals surface area contributed by atoms with Crippen LogP contribution in [0.25, 0.3) is 0 Å². The van der Waals surface area contributed by atoms with E-state index in [1.807, 2.05) is 30.4 Å². The van der Waals surface area contributed by atoms with Crippen LogP contribution in [0.5, 0.6) is 0 Å². The Bertz CT molecular complexity index is 333. The van der Waals surface area contributed by atoms with Gasteiger partial charge >= 0.3 is 0 Å². The minimum absolute atomic E-state index is 0.0550. The highest BCUT2D eigenvalue weighted by molar-refractivity contribution is 5.52. The molecule has 1 aliphatic rings. The minimum Gasteiger partial charge on any atom is -0.490 e. The number of nitrogens with two attached hydrogens (primary N) is 1. The van der Waals surface area contributed by atoms with Crippen LogP contribution in [0.4, 0.5) is 0 Å². The smallest absolute Gasteiger partial charge is 0.138 e. The third kappa shape index (κ3) is 6.97. The zero-order valence-corrected chi connectivity index (χ0v) is 9.53. The zero-order valence-electron chi connectivity index (χ0n) is 9.53. The van der Waals surface area contributed by atoms with Gasteiger partial charge in [-0.25, -0.2) is 4.99 Å². The van der Waals surface area contributed by atoms with Crippen molar-refractivity contribution < 1.29 is 9.57 Å². The van der Waals surface area contributed by atoms with E-state index >= 15 is 0 Å². The van der Waals surface area contributed by atoms with Crippen LogP contribution in [0.1, 0.15) is 6.42 Å². The van der Waals surface area contributed by atoms with E-state index in [1.165, 1.54) is 6.34 Å². The highest BCUT2D eigenvalue weighted by Gasteiger charge is 1.99. The number of ether oxygens (including phenoxy) is 1. The fourth-order valence-corrected chi connectivity index (χ4v) is 1.06. The Balaban J connectivity index is 1.98. The second kappa shape index (κ2) is 9.23. The highest BCUT2D eigenvalue weighted by Crippen LogP contribution is 2.02. The van der Waals surface area contributed by atoms with Gasteiger partial charge in [0.2, 0.25) is 0 Å². The molecule has 0 amide bonds. The second-order valence-corrected chi connectivity index (χ2v) is 3.13. The maximum Gasteiger partial charge on any atom is 0.138 e. The van der Waals surface area contributed by atoms with E-state index in [2.05, 4.69) is 10.5 Å². The number of rotatable bonds is 7. The number of hydrogen-bond donors (Lipinski definition) is 2. The lowest BCUT2D eigenvalue weighted by Gasteiger charge is -2.09. The Hall–Kier alpha value is -2.01. The average Bonchev–Trinajstić information content (AvgIpc) is 2.38. The van der Waals surface area contributed by atoms with Crippen LogP contribution in [0.15, 0.2) is 54.1 Å². The number of aliphatic imine (C=N–C) groups is 1. The molecule has 5 nitrogen and oxygen atoms in total. The normalized spacial score (nSPS) is 19.4. The topological polar surface area (TPSA) is 68.9 Å². The van der Waals surface area contributed by atoms with Gasteiger partial charge in [-0.2, -0.15) is 5.48 Å². The average molecular weight is 235 g/mol. The number of hydrogen-bond acceptors (Lipinski definition) is 4. The predicted octanol–water partition coefficient (Wildman–Crippen LogP) is 1.38. The van der Waals surface area contributed by atoms with Crippen molar-refractivity contribution in [3.8, 4) is 0 Å². The van der Waals surface area contributed by atoms with E-state index in [9.17, 15) is 0 Å². The summed E-state index contributed by atoms with van der Waals surface area (Å²) in [5, 5.41) is 0. The summed E-state index contributed by atoms with van der Waals surface area (Å²) in [6.45, 7) is 0.697. The van der Waals surface area contributed by atoms with Crippen molar-refractivity contribution in [2.75, 3.05) is 6.54 Å². The summed E-state index contributed by atoms with van der Waals surface area (Å²) in [5.74, 6) is 0. The van der Waals surface area contributed by atoms with E-state index in [0.29, 0.717) is 6.54 Å². The van der Waals surface area contributed by atoms with Crippen molar-refractivity contribution in [3.05, 3.63) is 49.1 Å². The summed E-state index contributed by atoms with van der Waals surface area (Å²) in [7, 11) is 0. The molecule has 1 heterocycles. The van der Waals surface area contributed by atoms with Crippen molar-refractivity contribution in [3.63, 3.8) is 0 Å². The van der Waals surface area contributed by atoms with Crippen LogP contribution in [-0.4, -0.2) is 19.0 Å². The SMILES string of the molecule is NC=N/C=C\CCNO/C=C/C1C=CC=CO1. The first-order valence-corrected chi connectivity index (χ1v) is 5.36. The maximum absolute atomic E-state index is 5.25. The van der Waals surface area contributed by atoms with Gasteiger partial charge in [0.1, 0.15) is 12.4 Å². The summed E-state index contributed by atoms with van der Waals surface area (Å²) in [5.41, 5.74) is 7.85. The first-order chi connectivity index (χ1) is 8.43. The third-order valence-electron chi connectivity index (χ3n) is 1.84. The lowest BCUT2D eigenvalue weighted by atomic mass is 10.3. The van der Waals surface area contributed by atoms with Crippen molar-refractivity contribution in [1.82, 2.24) is 5.48 Å². The van der Waals surface area contributed by atoms with Crippen molar-refractivity contribution >= 4 is 6.34 Å². The monoisotopic (exact) mass is 235 g/mol. The Kier molecular flexibility index (Phi) is 7.09. The molecule has 0 radical (unpaired) electrons. The van der Waals surface area contributed by atoms with Gasteiger partial charge in [0.15, 0.2) is 0 Å². The lowest BCUT2D eigenvalue weighted by molar-refractivity contribution is 0.131. The van der Waals surface area contributed by atoms with Gasteiger partial charge in [-0.1, -0.05) is 12.2 Å². The largest absolute Gasteiger partial charge is 0.490 e. The van der Waals surface area contributed by atoms with Gasteiger partial charge in [-0.3, -0.25) is 0 Å². The van der Waals surface area contributed by atoms with Crippen LogP contribution in [0, 0.1) is 0 Å². The highest BCUT2D eigenvalue weighted by atomic mass is 16.6. The molecule has 92 valence electrons. The van der Waals surface area contributed by atoms with Crippen molar-refractivity contribution in [1.29, 1.82) is 0 Å². The number of allylic oxidation sites excluding steroid dienone is 2. The summed E-state index contributed by atoms with van der Waals surface area (Å²) < 4.78 is 5.25. The van der Waals surface area contributed by atoms with Gasteiger partial charge in [0.25, 0.3) is 0 Å². The van der Waals surface area contributed by atoms with E-state index in [4.69, 9.17) is 15.3 Å². The molecule has 1 aliphatic heterocycles. The van der Waals surface area contributed by atoms with Gasteiger partial charge in [0.05, 0.1) is 12.6 Å². The Morgan fingerprint density at radius 2 is 2.41 bits per heavy atom. The van der Waals surface area contributed by atoms with E-state index in [-0.39, 0.29) is 6.10 Å². The van der Waals surface area contributed by atoms with Gasteiger partial charge < -0.3 is 15.3 Å². The molecule has 0 aliphatic carbocycles. The molecule has 0 aromatic rings. The number of nitrogens with one attached hydrogen (secondary N) is 1. The molecular weight excluding hydrogens is 218 g/mol. The molecule has 3 N–H and O–H groups in total. The summed E-state index contributed by atoms with van der Waals surface area (Å²) in [4.78, 5) is 8.80. The van der Waals surface area contributed by atoms with Gasteiger partial charge in [-0.15, -0.1) is 0 Å². The van der Waals surface area contributed by atoms with E-state index in [0.717, 1.165) is 6.42 Å². The molecule has 1 unspecified atom stereocenters. The predicted molar refractivity (Wildman–Crippen MR) is 67.8 cm³/mol. The molecule has 1 atom stereocenters. The molecular formula is C12H17N3O2. The Labute approximate surface area is 101 Å². The Morgan fingerprint density at radius 1 is 1.47 bits per heavy atom. The molecule has 1 rings (SSSR count). The molecule has 0 aromatic carbocycles. The van der Waals surface area contributed by atoms with Crippen LogP contribution in [0.3, 0.4) is 0 Å². The molecule has 5 heteroatoms. The van der Waals surface area contributed by atoms with Gasteiger partial charge in [0, 0.05) is 12.7 Å². The number of hydroxylamine groups is 1. The van der Waals surface area contributed by atoms with Crippen molar-refractivity contribution in [2.24, 2.45) is 10.7 Å². The fraction of sp³-hybridized carbons (Fsp3) is 0.250. The Morgan fingerprint density at radius 3 is 3.18 bits per heavy atom. The second-order valence-electron chi connectivity index (χ2n) is 3.13. The molecule has 0 saturated heterocycles. The molecule has 0 bridgehead atoms. The van der Waals surface area contributed by atoms with E-state index in [1.54, 1.807) is 18.7 Å². The van der Waals surface area contributed by atoms with Crippen LogP contribution in [0.2, 0.25) is 0 Å². The zero-order chi connectivity index (χ0) is 12.2. The molecule has 0 saturated carbocycles.